The van der Waals surface area contributed by atoms with Gasteiger partial charge in [-0.05, 0) is 120 Å². The second-order valence-corrected chi connectivity index (χ2v) is 24.2. The fraction of sp³-hybridized carbons (Fsp3) is 0.579. The molecule has 40 heavy (non-hydrogen) atoms. The van der Waals surface area contributed by atoms with Crippen LogP contribution in [0.2, 0.25) is 33.2 Å². The summed E-state index contributed by atoms with van der Waals surface area (Å²) in [5.41, 5.74) is 14.5. The smallest absolute Gasteiger partial charge is 0.116 e. The minimum absolute atomic E-state index is 0.586. The first kappa shape index (κ1) is 37.3. The van der Waals surface area contributed by atoms with E-state index in [-0.39, 0.29) is 0 Å². The summed E-state index contributed by atoms with van der Waals surface area (Å²) in [5, 5.41) is 0. The SMILES string of the molecule is CC(C)=C(C#CC#CC(C#CC#C[Si](C(C)C)(C(C)C)C(C)C)=C(C)C)C#CC#C[Si](C(C)C)(C(C)C)C(C)C. The topological polar surface area (TPSA) is 0 Å². The molecule has 0 aromatic rings. The molecule has 0 atom stereocenters. The van der Waals surface area contributed by atoms with Gasteiger partial charge < -0.3 is 0 Å². The van der Waals surface area contributed by atoms with E-state index < -0.39 is 16.1 Å². The van der Waals surface area contributed by atoms with Gasteiger partial charge in [0, 0.05) is 0 Å². The van der Waals surface area contributed by atoms with Gasteiger partial charge in [0.2, 0.25) is 0 Å². The molecule has 0 fully saturated rings. The molecule has 0 spiro atoms. The molecule has 0 bridgehead atoms. The average Bonchev–Trinajstić information content (AvgIpc) is 2.81. The van der Waals surface area contributed by atoms with Crippen LogP contribution in [0.25, 0.3) is 0 Å². The maximum atomic E-state index is 3.66. The third kappa shape index (κ3) is 10.0. The molecule has 0 aromatic carbocycles. The van der Waals surface area contributed by atoms with Gasteiger partial charge >= 0.3 is 0 Å². The van der Waals surface area contributed by atoms with Crippen molar-refractivity contribution in [2.75, 3.05) is 0 Å². The van der Waals surface area contributed by atoms with Crippen LogP contribution in [0.3, 0.4) is 0 Å². The summed E-state index contributed by atoms with van der Waals surface area (Å²) in [4.78, 5) is 0. The molecule has 0 radical (unpaired) electrons. The van der Waals surface area contributed by atoms with E-state index in [1.165, 1.54) is 0 Å². The van der Waals surface area contributed by atoms with Crippen LogP contribution in [0.15, 0.2) is 22.3 Å². The molecule has 0 aromatic heterocycles. The van der Waals surface area contributed by atoms with Crippen LogP contribution in [0, 0.1) is 70.3 Å². The van der Waals surface area contributed by atoms with E-state index in [0.717, 1.165) is 22.3 Å². The first-order chi connectivity index (χ1) is 18.5. The molecule has 0 amide bonds. The van der Waals surface area contributed by atoms with Crippen LogP contribution < -0.4 is 0 Å². The maximum Gasteiger partial charge on any atom is 0.147 e. The van der Waals surface area contributed by atoms with Gasteiger partial charge in [-0.3, -0.25) is 0 Å². The zero-order chi connectivity index (χ0) is 31.3. The molecule has 0 aliphatic carbocycles. The first-order valence-electron chi connectivity index (χ1n) is 14.9. The van der Waals surface area contributed by atoms with Gasteiger partial charge in [-0.2, -0.15) is 0 Å². The van der Waals surface area contributed by atoms with E-state index in [9.17, 15) is 0 Å². The minimum Gasteiger partial charge on any atom is -0.116 e. The Labute approximate surface area is 252 Å². The van der Waals surface area contributed by atoms with Crippen LogP contribution in [0.4, 0.5) is 0 Å². The van der Waals surface area contributed by atoms with Crippen molar-refractivity contribution in [2.45, 2.75) is 144 Å². The number of hydrogen-bond donors (Lipinski definition) is 0. The van der Waals surface area contributed by atoms with E-state index in [4.69, 9.17) is 0 Å². The summed E-state index contributed by atoms with van der Waals surface area (Å²) in [6.45, 7) is 35.9. The molecule has 0 saturated heterocycles. The van der Waals surface area contributed by atoms with E-state index >= 15 is 0 Å². The Morgan fingerprint density at radius 1 is 0.350 bits per heavy atom. The zero-order valence-corrected chi connectivity index (χ0v) is 30.5. The van der Waals surface area contributed by atoms with Gasteiger partial charge in [0.15, 0.2) is 0 Å². The van der Waals surface area contributed by atoms with Crippen LogP contribution in [-0.4, -0.2) is 16.1 Å². The molecule has 0 rings (SSSR count). The Kier molecular flexibility index (Phi) is 16.0. The van der Waals surface area contributed by atoms with Gasteiger partial charge in [-0.25, -0.2) is 0 Å². The lowest BCUT2D eigenvalue weighted by atomic mass is 10.1. The molecular weight excluding hydrogens is 513 g/mol. The minimum atomic E-state index is -1.79. The monoisotopic (exact) mass is 566 g/mol. The average molecular weight is 567 g/mol. The highest BCUT2D eigenvalue weighted by atomic mass is 28.3. The predicted molar refractivity (Wildman–Crippen MR) is 185 cm³/mol. The molecule has 214 valence electrons. The lowest BCUT2D eigenvalue weighted by molar-refractivity contribution is 0.838. The van der Waals surface area contributed by atoms with Gasteiger partial charge in [-0.1, -0.05) is 94.2 Å². The van der Waals surface area contributed by atoms with Crippen molar-refractivity contribution in [3.05, 3.63) is 22.3 Å². The van der Waals surface area contributed by atoms with Crippen molar-refractivity contribution in [1.29, 1.82) is 0 Å². The highest BCUT2D eigenvalue weighted by molar-refractivity contribution is 6.91. The zero-order valence-electron chi connectivity index (χ0n) is 28.5. The van der Waals surface area contributed by atoms with Crippen molar-refractivity contribution in [3.8, 4) is 70.3 Å². The highest BCUT2D eigenvalue weighted by Crippen LogP contribution is 2.41. The molecule has 0 heterocycles. The Morgan fingerprint density at radius 3 is 0.725 bits per heavy atom. The van der Waals surface area contributed by atoms with Crippen molar-refractivity contribution in [3.63, 3.8) is 0 Å². The van der Waals surface area contributed by atoms with Crippen LogP contribution in [0.5, 0.6) is 0 Å². The molecule has 0 unspecified atom stereocenters. The van der Waals surface area contributed by atoms with Gasteiger partial charge in [0.05, 0.1) is 11.1 Å². The fourth-order valence-electron chi connectivity index (χ4n) is 6.08. The summed E-state index contributed by atoms with van der Waals surface area (Å²) in [7, 11) is -3.57. The Morgan fingerprint density at radius 2 is 0.550 bits per heavy atom. The van der Waals surface area contributed by atoms with Crippen molar-refractivity contribution < 1.29 is 0 Å². The van der Waals surface area contributed by atoms with Crippen molar-refractivity contribution >= 4 is 16.1 Å². The third-order valence-electron chi connectivity index (χ3n) is 8.23. The van der Waals surface area contributed by atoms with Gasteiger partial charge in [0.25, 0.3) is 0 Å². The van der Waals surface area contributed by atoms with Gasteiger partial charge in [0.1, 0.15) is 16.1 Å². The normalized spacial score (nSPS) is 10.7. The molecule has 0 aliphatic heterocycles. The molecule has 0 nitrogen and oxygen atoms in total. The lowest BCUT2D eigenvalue weighted by Gasteiger charge is -2.37. The van der Waals surface area contributed by atoms with Crippen LogP contribution in [-0.2, 0) is 0 Å². The Bertz CT molecular complexity index is 1160. The standard InChI is InChI=1S/C38H54Si2/c1-29(2)37(25-19-21-27-39(31(5)6,32(7)8)33(9)10)23-17-18-24-38(30(3)4)26-20-22-28-40(34(11)12,35(13)14)36(15)16/h31-36H,1-16H3. The van der Waals surface area contributed by atoms with Crippen molar-refractivity contribution in [1.82, 2.24) is 0 Å². The molecule has 0 saturated carbocycles. The van der Waals surface area contributed by atoms with E-state index in [2.05, 4.69) is 153 Å². The van der Waals surface area contributed by atoms with E-state index in [1.54, 1.807) is 0 Å². The lowest BCUT2D eigenvalue weighted by Crippen LogP contribution is -2.43. The molecule has 2 heteroatoms. The third-order valence-corrected chi connectivity index (χ3v) is 20.8. The van der Waals surface area contributed by atoms with E-state index in [1.807, 2.05) is 27.7 Å². The fourth-order valence-corrected chi connectivity index (χ4v) is 16.4. The first-order valence-corrected chi connectivity index (χ1v) is 19.4. The summed E-state index contributed by atoms with van der Waals surface area (Å²) in [6, 6.07) is 0. The Balaban J connectivity index is 6.16. The maximum absolute atomic E-state index is 3.66. The second-order valence-electron chi connectivity index (χ2n) is 13.0. The summed E-state index contributed by atoms with van der Waals surface area (Å²) in [5.74, 6) is 31.2. The molecule has 0 aliphatic rings. The summed E-state index contributed by atoms with van der Waals surface area (Å²) in [6.07, 6.45) is 0. The Hall–Kier alpha value is -2.73. The number of hydrogen-bond acceptors (Lipinski definition) is 0. The van der Waals surface area contributed by atoms with E-state index in [0.29, 0.717) is 33.2 Å². The second kappa shape index (κ2) is 17.2. The molecular formula is C38H54Si2. The van der Waals surface area contributed by atoms with Crippen LogP contribution in [0.1, 0.15) is 111 Å². The predicted octanol–water partition coefficient (Wildman–Crippen LogP) is 10.1. The number of allylic oxidation sites excluding steroid dienone is 4. The van der Waals surface area contributed by atoms with Crippen molar-refractivity contribution in [2.24, 2.45) is 0 Å². The number of rotatable bonds is 6. The summed E-state index contributed by atoms with van der Waals surface area (Å²) < 4.78 is 0. The van der Waals surface area contributed by atoms with Gasteiger partial charge in [-0.15, -0.1) is 11.1 Å². The summed E-state index contributed by atoms with van der Waals surface area (Å²) >= 11 is 0. The molecule has 0 N–H and O–H groups in total. The largest absolute Gasteiger partial charge is 0.147 e. The highest BCUT2D eigenvalue weighted by Gasteiger charge is 2.42. The quantitative estimate of drug-likeness (QED) is 0.222. The van der Waals surface area contributed by atoms with Crippen LogP contribution >= 0.6 is 0 Å².